The maximum absolute atomic E-state index is 11.6. The van der Waals surface area contributed by atoms with Crippen molar-refractivity contribution in [1.29, 1.82) is 0 Å². The molecule has 1 amide bonds. The fourth-order valence-electron chi connectivity index (χ4n) is 1.47. The van der Waals surface area contributed by atoms with Gasteiger partial charge >= 0.3 is 0 Å². The summed E-state index contributed by atoms with van der Waals surface area (Å²) in [6, 6.07) is 5.84. The second-order valence-electron chi connectivity index (χ2n) is 3.73. The van der Waals surface area contributed by atoms with Gasteiger partial charge in [0.1, 0.15) is 5.75 Å². The molecule has 3 heteroatoms. The number of hydrogen-bond donors (Lipinski definition) is 0. The van der Waals surface area contributed by atoms with Crippen LogP contribution in [0.1, 0.15) is 11.1 Å². The number of rotatable bonds is 3. The zero-order chi connectivity index (χ0) is 11.4. The van der Waals surface area contributed by atoms with Crippen LogP contribution < -0.4 is 4.74 Å². The molecule has 1 aromatic rings. The second-order valence-corrected chi connectivity index (χ2v) is 3.73. The number of amides is 1. The molecular formula is C12H17NO2. The summed E-state index contributed by atoms with van der Waals surface area (Å²) in [5.41, 5.74) is 2.00. The van der Waals surface area contributed by atoms with Crippen molar-refractivity contribution in [3.05, 3.63) is 29.3 Å². The van der Waals surface area contributed by atoms with Crippen LogP contribution in [0, 0.1) is 6.92 Å². The Labute approximate surface area is 90.7 Å². The van der Waals surface area contributed by atoms with Crippen molar-refractivity contribution >= 4 is 5.91 Å². The number of likely N-dealkylation sites (N-methyl/N-ethyl adjacent to an activating group) is 1. The lowest BCUT2D eigenvalue weighted by molar-refractivity contribution is -0.127. The molecule has 0 aromatic heterocycles. The lowest BCUT2D eigenvalue weighted by atomic mass is 10.1. The summed E-state index contributed by atoms with van der Waals surface area (Å²) in [4.78, 5) is 13.1. The van der Waals surface area contributed by atoms with Crippen molar-refractivity contribution in [3.63, 3.8) is 0 Å². The average molecular weight is 207 g/mol. The standard InChI is InChI=1S/C12H17NO2/c1-9-6-5-7-10(12(9)15-4)8-11(14)13(2)3/h5-7H,8H2,1-4H3. The Morgan fingerprint density at radius 1 is 1.40 bits per heavy atom. The van der Waals surface area contributed by atoms with Crippen LogP contribution in [0.3, 0.4) is 0 Å². The van der Waals surface area contributed by atoms with Crippen molar-refractivity contribution in [2.45, 2.75) is 13.3 Å². The summed E-state index contributed by atoms with van der Waals surface area (Å²) in [6.45, 7) is 1.97. The first-order chi connectivity index (χ1) is 7.06. The summed E-state index contributed by atoms with van der Waals surface area (Å²) in [5.74, 6) is 0.895. The van der Waals surface area contributed by atoms with Gasteiger partial charge in [0.25, 0.3) is 0 Å². The van der Waals surface area contributed by atoms with Crippen LogP contribution >= 0.6 is 0 Å². The Balaban J connectivity index is 2.94. The van der Waals surface area contributed by atoms with Gasteiger partial charge in [0, 0.05) is 19.7 Å². The molecule has 0 aliphatic carbocycles. The smallest absolute Gasteiger partial charge is 0.226 e. The molecule has 1 rings (SSSR count). The maximum atomic E-state index is 11.6. The number of nitrogens with zero attached hydrogens (tertiary/aromatic N) is 1. The molecule has 0 atom stereocenters. The summed E-state index contributed by atoms with van der Waals surface area (Å²) in [7, 11) is 5.14. The van der Waals surface area contributed by atoms with Gasteiger partial charge in [0.15, 0.2) is 0 Å². The normalized spacial score (nSPS) is 9.87. The fraction of sp³-hybridized carbons (Fsp3) is 0.417. The monoisotopic (exact) mass is 207 g/mol. The number of ether oxygens (including phenoxy) is 1. The van der Waals surface area contributed by atoms with Crippen LogP contribution in [0.5, 0.6) is 5.75 Å². The van der Waals surface area contributed by atoms with Crippen molar-refractivity contribution in [2.24, 2.45) is 0 Å². The molecule has 0 aliphatic rings. The van der Waals surface area contributed by atoms with E-state index in [9.17, 15) is 4.79 Å². The van der Waals surface area contributed by atoms with E-state index in [1.165, 1.54) is 0 Å². The van der Waals surface area contributed by atoms with Crippen LogP contribution in [-0.4, -0.2) is 32.0 Å². The molecule has 0 bridgehead atoms. The highest BCUT2D eigenvalue weighted by Gasteiger charge is 2.11. The number of carbonyl (C=O) groups is 1. The predicted octanol–water partition coefficient (Wildman–Crippen LogP) is 1.63. The van der Waals surface area contributed by atoms with E-state index in [1.54, 1.807) is 26.1 Å². The van der Waals surface area contributed by atoms with Gasteiger partial charge in [-0.2, -0.15) is 0 Å². The van der Waals surface area contributed by atoms with Crippen LogP contribution in [-0.2, 0) is 11.2 Å². The minimum absolute atomic E-state index is 0.0823. The van der Waals surface area contributed by atoms with Gasteiger partial charge in [-0.05, 0) is 12.5 Å². The van der Waals surface area contributed by atoms with E-state index >= 15 is 0 Å². The molecule has 0 saturated carbocycles. The van der Waals surface area contributed by atoms with Gasteiger partial charge in [-0.15, -0.1) is 0 Å². The molecule has 1 aromatic carbocycles. The number of methoxy groups -OCH3 is 1. The summed E-state index contributed by atoms with van der Waals surface area (Å²) in [6.07, 6.45) is 0.387. The Morgan fingerprint density at radius 2 is 2.07 bits per heavy atom. The SMILES string of the molecule is COc1c(C)cccc1CC(=O)N(C)C. The Bertz CT molecular complexity index is 359. The predicted molar refractivity (Wildman–Crippen MR) is 60.1 cm³/mol. The van der Waals surface area contributed by atoms with E-state index in [0.717, 1.165) is 16.9 Å². The average Bonchev–Trinajstić information content (AvgIpc) is 2.18. The third-order valence-electron chi connectivity index (χ3n) is 2.34. The number of para-hydroxylation sites is 1. The van der Waals surface area contributed by atoms with Gasteiger partial charge < -0.3 is 9.64 Å². The maximum Gasteiger partial charge on any atom is 0.226 e. The van der Waals surface area contributed by atoms with Gasteiger partial charge in [-0.3, -0.25) is 4.79 Å². The van der Waals surface area contributed by atoms with E-state index in [2.05, 4.69) is 0 Å². The number of carbonyl (C=O) groups excluding carboxylic acids is 1. The van der Waals surface area contributed by atoms with Gasteiger partial charge in [0.05, 0.1) is 13.5 Å². The van der Waals surface area contributed by atoms with Crippen molar-refractivity contribution < 1.29 is 9.53 Å². The first kappa shape index (κ1) is 11.6. The molecule has 0 fully saturated rings. The van der Waals surface area contributed by atoms with Crippen molar-refractivity contribution in [2.75, 3.05) is 21.2 Å². The lowest BCUT2D eigenvalue weighted by Gasteiger charge is -2.13. The quantitative estimate of drug-likeness (QED) is 0.754. The van der Waals surface area contributed by atoms with E-state index < -0.39 is 0 Å². The van der Waals surface area contributed by atoms with E-state index in [4.69, 9.17) is 4.74 Å². The summed E-state index contributed by atoms with van der Waals surface area (Å²) < 4.78 is 5.29. The summed E-state index contributed by atoms with van der Waals surface area (Å²) >= 11 is 0. The second kappa shape index (κ2) is 4.82. The molecular weight excluding hydrogens is 190 g/mol. The van der Waals surface area contributed by atoms with Crippen LogP contribution in [0.4, 0.5) is 0 Å². The zero-order valence-corrected chi connectivity index (χ0v) is 9.70. The van der Waals surface area contributed by atoms with Gasteiger partial charge in [-0.1, -0.05) is 18.2 Å². The van der Waals surface area contributed by atoms with E-state index in [0.29, 0.717) is 6.42 Å². The van der Waals surface area contributed by atoms with Crippen molar-refractivity contribution in [3.8, 4) is 5.75 Å². The molecule has 15 heavy (non-hydrogen) atoms. The van der Waals surface area contributed by atoms with Gasteiger partial charge in [0.2, 0.25) is 5.91 Å². The first-order valence-electron chi connectivity index (χ1n) is 4.89. The molecule has 0 spiro atoms. The van der Waals surface area contributed by atoms with Crippen molar-refractivity contribution in [1.82, 2.24) is 4.90 Å². The van der Waals surface area contributed by atoms with E-state index in [1.807, 2.05) is 25.1 Å². The molecule has 0 heterocycles. The topological polar surface area (TPSA) is 29.5 Å². The Kier molecular flexibility index (Phi) is 3.72. The Hall–Kier alpha value is -1.51. The number of hydrogen-bond acceptors (Lipinski definition) is 2. The summed E-state index contributed by atoms with van der Waals surface area (Å²) in [5, 5.41) is 0. The Morgan fingerprint density at radius 3 is 2.60 bits per heavy atom. The highest BCUT2D eigenvalue weighted by atomic mass is 16.5. The van der Waals surface area contributed by atoms with Gasteiger partial charge in [-0.25, -0.2) is 0 Å². The molecule has 0 radical (unpaired) electrons. The van der Waals surface area contributed by atoms with Crippen LogP contribution in [0.2, 0.25) is 0 Å². The van der Waals surface area contributed by atoms with E-state index in [-0.39, 0.29) is 5.91 Å². The third kappa shape index (κ3) is 2.72. The molecule has 0 saturated heterocycles. The molecule has 3 nitrogen and oxygen atoms in total. The first-order valence-corrected chi connectivity index (χ1v) is 4.89. The van der Waals surface area contributed by atoms with Crippen LogP contribution in [0.25, 0.3) is 0 Å². The molecule has 0 unspecified atom stereocenters. The largest absolute Gasteiger partial charge is 0.496 e. The lowest BCUT2D eigenvalue weighted by Crippen LogP contribution is -2.23. The minimum Gasteiger partial charge on any atom is -0.496 e. The molecule has 0 N–H and O–H groups in total. The molecule has 82 valence electrons. The zero-order valence-electron chi connectivity index (χ0n) is 9.70. The highest BCUT2D eigenvalue weighted by Crippen LogP contribution is 2.23. The molecule has 0 aliphatic heterocycles. The fourth-order valence-corrected chi connectivity index (χ4v) is 1.47. The number of benzene rings is 1. The van der Waals surface area contributed by atoms with Crippen LogP contribution in [0.15, 0.2) is 18.2 Å². The number of aryl methyl sites for hydroxylation is 1. The third-order valence-corrected chi connectivity index (χ3v) is 2.34. The minimum atomic E-state index is 0.0823. The highest BCUT2D eigenvalue weighted by molar-refractivity contribution is 5.79.